The molecule has 1 aliphatic heterocycles. The molecule has 6 nitrogen and oxygen atoms in total. The average molecular weight is 203 g/mol. The van der Waals surface area contributed by atoms with Gasteiger partial charge in [0.1, 0.15) is 6.54 Å². The van der Waals surface area contributed by atoms with Gasteiger partial charge in [0.15, 0.2) is 0 Å². The van der Waals surface area contributed by atoms with E-state index in [0.717, 1.165) is 0 Å². The van der Waals surface area contributed by atoms with E-state index in [0.29, 0.717) is 0 Å². The molecule has 0 aliphatic carbocycles. The Balaban J connectivity index is 2.76. The molecule has 80 valence electrons. The van der Waals surface area contributed by atoms with E-state index >= 15 is 0 Å². The summed E-state index contributed by atoms with van der Waals surface area (Å²) in [5, 5.41) is 9.87. The SMILES string of the molecule is COC(=O)CC1(O)C[N+](C)(C)NC1=O. The summed E-state index contributed by atoms with van der Waals surface area (Å²) in [7, 11) is 4.68. The second-order valence-electron chi connectivity index (χ2n) is 4.07. The summed E-state index contributed by atoms with van der Waals surface area (Å²) in [4.78, 5) is 22.3. The predicted octanol–water partition coefficient (Wildman–Crippen LogP) is -1.60. The van der Waals surface area contributed by atoms with Crippen molar-refractivity contribution in [3.63, 3.8) is 0 Å². The minimum Gasteiger partial charge on any atom is -0.469 e. The van der Waals surface area contributed by atoms with Gasteiger partial charge in [-0.25, -0.2) is 4.59 Å². The Bertz CT molecular complexity index is 277. The van der Waals surface area contributed by atoms with Crippen LogP contribution >= 0.6 is 0 Å². The van der Waals surface area contributed by atoms with Crippen LogP contribution in [0.25, 0.3) is 0 Å². The highest BCUT2D eigenvalue weighted by atomic mass is 16.5. The number of carbonyl (C=O) groups is 2. The van der Waals surface area contributed by atoms with Crippen LogP contribution in [-0.2, 0) is 14.3 Å². The van der Waals surface area contributed by atoms with Crippen LogP contribution in [-0.4, -0.2) is 54.9 Å². The maximum Gasteiger partial charge on any atom is 0.309 e. The third kappa shape index (κ3) is 2.02. The Morgan fingerprint density at radius 2 is 2.29 bits per heavy atom. The molecule has 0 bridgehead atoms. The summed E-state index contributed by atoms with van der Waals surface area (Å²) < 4.78 is 4.57. The third-order valence-electron chi connectivity index (χ3n) is 2.15. The van der Waals surface area contributed by atoms with Gasteiger partial charge in [0, 0.05) is 0 Å². The fourth-order valence-corrected chi connectivity index (χ4v) is 1.59. The lowest BCUT2D eigenvalue weighted by Crippen LogP contribution is -2.47. The van der Waals surface area contributed by atoms with Crippen LogP contribution in [0.4, 0.5) is 0 Å². The number of nitrogens with one attached hydrogen (secondary N) is 1. The maximum atomic E-state index is 11.4. The van der Waals surface area contributed by atoms with E-state index in [-0.39, 0.29) is 17.6 Å². The van der Waals surface area contributed by atoms with Gasteiger partial charge >= 0.3 is 11.9 Å². The first kappa shape index (κ1) is 10.9. The highest BCUT2D eigenvalue weighted by molar-refractivity contribution is 5.90. The van der Waals surface area contributed by atoms with E-state index in [4.69, 9.17) is 0 Å². The van der Waals surface area contributed by atoms with Crippen LogP contribution < -0.4 is 5.43 Å². The zero-order valence-electron chi connectivity index (χ0n) is 8.53. The van der Waals surface area contributed by atoms with Gasteiger partial charge in [-0.1, -0.05) is 0 Å². The quantitative estimate of drug-likeness (QED) is 0.419. The molecule has 1 atom stereocenters. The summed E-state index contributed by atoms with van der Waals surface area (Å²) >= 11 is 0. The van der Waals surface area contributed by atoms with Gasteiger partial charge in [0.25, 0.3) is 0 Å². The van der Waals surface area contributed by atoms with E-state index in [9.17, 15) is 14.7 Å². The van der Waals surface area contributed by atoms with Crippen LogP contribution in [0, 0.1) is 0 Å². The first-order valence-corrected chi connectivity index (χ1v) is 4.24. The molecule has 1 heterocycles. The summed E-state index contributed by atoms with van der Waals surface area (Å²) in [6.45, 7) is 0.154. The Morgan fingerprint density at radius 3 is 2.64 bits per heavy atom. The number of aliphatic hydroxyl groups is 1. The van der Waals surface area contributed by atoms with Crippen LogP contribution in [0.2, 0.25) is 0 Å². The fraction of sp³-hybridized carbons (Fsp3) is 0.750. The number of likely N-dealkylation sites (N-methyl/N-ethyl adjacent to an activating group) is 1. The summed E-state index contributed by atoms with van der Waals surface area (Å²) in [5.74, 6) is -1.13. The molecular formula is C8H15N2O4+. The molecule has 0 spiro atoms. The lowest BCUT2D eigenvalue weighted by atomic mass is 10.0. The van der Waals surface area contributed by atoms with Crippen LogP contribution in [0.5, 0.6) is 0 Å². The van der Waals surface area contributed by atoms with E-state index in [1.54, 1.807) is 14.1 Å². The number of hydrogen-bond donors (Lipinski definition) is 2. The molecule has 1 unspecified atom stereocenters. The van der Waals surface area contributed by atoms with Crippen LogP contribution in [0.3, 0.4) is 0 Å². The molecule has 0 radical (unpaired) electrons. The highest BCUT2D eigenvalue weighted by Crippen LogP contribution is 2.21. The molecule has 1 fully saturated rings. The number of rotatable bonds is 2. The minimum absolute atomic E-state index is 0.154. The van der Waals surface area contributed by atoms with Gasteiger partial charge in [0.05, 0.1) is 27.6 Å². The number of methoxy groups -OCH3 is 1. The number of hydrogen-bond acceptors (Lipinski definition) is 4. The number of quaternary nitrogens is 1. The van der Waals surface area contributed by atoms with Gasteiger partial charge in [0.2, 0.25) is 5.60 Å². The summed E-state index contributed by atoms with van der Waals surface area (Å²) in [5.41, 5.74) is 0.912. The average Bonchev–Trinajstić information content (AvgIpc) is 2.20. The minimum atomic E-state index is -1.64. The molecule has 6 heteroatoms. The van der Waals surface area contributed by atoms with Crippen LogP contribution in [0.1, 0.15) is 6.42 Å². The molecule has 0 aromatic heterocycles. The summed E-state index contributed by atoms with van der Waals surface area (Å²) in [6, 6.07) is 0. The molecule has 1 saturated heterocycles. The van der Waals surface area contributed by atoms with Gasteiger partial charge in [-0.05, 0) is 0 Å². The second-order valence-corrected chi connectivity index (χ2v) is 4.07. The van der Waals surface area contributed by atoms with Crippen molar-refractivity contribution in [2.75, 3.05) is 27.7 Å². The lowest BCUT2D eigenvalue weighted by molar-refractivity contribution is -0.919. The van der Waals surface area contributed by atoms with Crippen molar-refractivity contribution in [2.45, 2.75) is 12.0 Å². The molecule has 14 heavy (non-hydrogen) atoms. The predicted molar refractivity (Wildman–Crippen MR) is 46.7 cm³/mol. The number of carbonyl (C=O) groups excluding carboxylic acids is 2. The van der Waals surface area contributed by atoms with E-state index < -0.39 is 17.5 Å². The zero-order valence-corrected chi connectivity index (χ0v) is 8.53. The first-order chi connectivity index (χ1) is 6.29. The Hall–Kier alpha value is -1.14. The van der Waals surface area contributed by atoms with Crippen molar-refractivity contribution in [2.24, 2.45) is 0 Å². The van der Waals surface area contributed by atoms with Gasteiger partial charge < -0.3 is 9.84 Å². The topological polar surface area (TPSA) is 75.6 Å². The van der Waals surface area contributed by atoms with Crippen LogP contribution in [0.15, 0.2) is 0 Å². The third-order valence-corrected chi connectivity index (χ3v) is 2.15. The smallest absolute Gasteiger partial charge is 0.309 e. The highest BCUT2D eigenvalue weighted by Gasteiger charge is 2.52. The molecule has 1 aliphatic rings. The number of esters is 1. The summed E-state index contributed by atoms with van der Waals surface area (Å²) in [6.07, 6.45) is -0.309. The molecule has 1 rings (SSSR count). The molecule has 0 aromatic rings. The Labute approximate surface area is 82.0 Å². The first-order valence-electron chi connectivity index (χ1n) is 4.24. The van der Waals surface area contributed by atoms with E-state index in [2.05, 4.69) is 10.2 Å². The van der Waals surface area contributed by atoms with E-state index in [1.165, 1.54) is 7.11 Å². The zero-order chi connectivity index (χ0) is 11.0. The molecule has 2 N–H and O–H groups in total. The lowest BCUT2D eigenvalue weighted by Gasteiger charge is -2.22. The maximum absolute atomic E-state index is 11.4. The van der Waals surface area contributed by atoms with Crippen molar-refractivity contribution in [1.29, 1.82) is 0 Å². The van der Waals surface area contributed by atoms with Gasteiger partial charge in [-0.2, -0.15) is 5.43 Å². The Kier molecular flexibility index (Phi) is 2.51. The molecule has 0 saturated carbocycles. The molecule has 0 aromatic carbocycles. The normalized spacial score (nSPS) is 29.9. The van der Waals surface area contributed by atoms with Gasteiger partial charge in [-0.15, -0.1) is 0 Å². The van der Waals surface area contributed by atoms with Crippen molar-refractivity contribution < 1.29 is 24.0 Å². The molecule has 1 amide bonds. The Morgan fingerprint density at radius 1 is 1.71 bits per heavy atom. The monoisotopic (exact) mass is 203 g/mol. The van der Waals surface area contributed by atoms with E-state index in [1.807, 2.05) is 0 Å². The standard InChI is InChI=1S/C8H14N2O4/c1-10(2)5-8(13,7(12)9-10)4-6(11)14-3/h13H,4-5H2,1-3H3/p+1. The van der Waals surface area contributed by atoms with Crippen molar-refractivity contribution in [3.05, 3.63) is 0 Å². The second kappa shape index (κ2) is 3.21. The number of ether oxygens (including phenoxy) is 1. The number of amides is 1. The fourth-order valence-electron chi connectivity index (χ4n) is 1.59. The van der Waals surface area contributed by atoms with Crippen molar-refractivity contribution in [3.8, 4) is 0 Å². The number of nitrogens with zero attached hydrogens (tertiary/aromatic N) is 1. The largest absolute Gasteiger partial charge is 0.469 e. The molecular weight excluding hydrogens is 188 g/mol. The van der Waals surface area contributed by atoms with Crippen molar-refractivity contribution >= 4 is 11.9 Å². The van der Waals surface area contributed by atoms with Gasteiger partial charge in [-0.3, -0.25) is 9.59 Å². The van der Waals surface area contributed by atoms with Crippen molar-refractivity contribution in [1.82, 2.24) is 5.43 Å².